The Morgan fingerprint density at radius 2 is 2.14 bits per heavy atom. The Hall–Kier alpha value is -0.520. The summed E-state index contributed by atoms with van der Waals surface area (Å²) in [6.07, 6.45) is 4.78. The maximum atomic E-state index is 13.1. The van der Waals surface area contributed by atoms with Gasteiger partial charge in [0.25, 0.3) is 0 Å². The summed E-state index contributed by atoms with van der Waals surface area (Å²) in [4.78, 5) is 19.4. The van der Waals surface area contributed by atoms with Crippen molar-refractivity contribution in [1.82, 2.24) is 9.80 Å². The fourth-order valence-electron chi connectivity index (χ4n) is 4.11. The number of nitrogens with zero attached hydrogens (tertiary/aromatic N) is 2. The van der Waals surface area contributed by atoms with Gasteiger partial charge in [-0.3, -0.25) is 4.79 Å². The summed E-state index contributed by atoms with van der Waals surface area (Å²) < 4.78 is 0. The predicted molar refractivity (Wildman–Crippen MR) is 93.9 cm³/mol. The van der Waals surface area contributed by atoms with E-state index in [0.717, 1.165) is 37.4 Å². The van der Waals surface area contributed by atoms with Gasteiger partial charge in [0.1, 0.15) is 0 Å². The third-order valence-electron chi connectivity index (χ3n) is 5.29. The van der Waals surface area contributed by atoms with E-state index in [1.165, 1.54) is 36.4 Å². The Kier molecular flexibility index (Phi) is 4.47. The minimum atomic E-state index is 0.144. The van der Waals surface area contributed by atoms with Gasteiger partial charge in [-0.05, 0) is 55.8 Å². The van der Waals surface area contributed by atoms with E-state index < -0.39 is 0 Å². The molecule has 1 amide bonds. The van der Waals surface area contributed by atoms with Gasteiger partial charge in [-0.15, -0.1) is 11.3 Å². The number of carbonyl (C=O) groups excluding carboxylic acids is 1. The number of hydrogen-bond acceptors (Lipinski definition) is 4. The molecule has 1 aromatic heterocycles. The van der Waals surface area contributed by atoms with Crippen LogP contribution in [-0.4, -0.2) is 59.4 Å². The molecule has 0 N–H and O–H groups in total. The van der Waals surface area contributed by atoms with E-state index >= 15 is 0 Å². The average molecular weight is 337 g/mol. The zero-order valence-corrected chi connectivity index (χ0v) is 14.6. The molecule has 2 aliphatic heterocycles. The van der Waals surface area contributed by atoms with Crippen molar-refractivity contribution in [2.75, 3.05) is 37.7 Å². The van der Waals surface area contributed by atoms with Crippen molar-refractivity contribution in [1.29, 1.82) is 0 Å². The van der Waals surface area contributed by atoms with Gasteiger partial charge in [-0.1, -0.05) is 0 Å². The molecular formula is C17H24N2OS2. The monoisotopic (exact) mass is 336 g/mol. The van der Waals surface area contributed by atoms with Crippen LogP contribution in [-0.2, 0) is 11.2 Å². The molecule has 3 nitrogen and oxygen atoms in total. The Morgan fingerprint density at radius 1 is 1.27 bits per heavy atom. The van der Waals surface area contributed by atoms with Crippen LogP contribution >= 0.6 is 23.1 Å². The molecule has 3 aliphatic rings. The van der Waals surface area contributed by atoms with E-state index in [-0.39, 0.29) is 5.92 Å². The van der Waals surface area contributed by atoms with Gasteiger partial charge in [-0.25, -0.2) is 0 Å². The van der Waals surface area contributed by atoms with Crippen molar-refractivity contribution in [2.45, 2.75) is 37.6 Å². The van der Waals surface area contributed by atoms with E-state index in [2.05, 4.69) is 21.2 Å². The second kappa shape index (κ2) is 6.54. The van der Waals surface area contributed by atoms with E-state index in [0.29, 0.717) is 11.9 Å². The van der Waals surface area contributed by atoms with Crippen LogP contribution in [0.2, 0.25) is 0 Å². The lowest BCUT2D eigenvalue weighted by molar-refractivity contribution is -0.135. The number of thiophene rings is 1. The molecule has 120 valence electrons. The lowest BCUT2D eigenvalue weighted by Gasteiger charge is -2.39. The number of rotatable bonds is 3. The second-order valence-electron chi connectivity index (χ2n) is 6.66. The summed E-state index contributed by atoms with van der Waals surface area (Å²) in [5.74, 6) is 2.77. The smallest absolute Gasteiger partial charge is 0.230 e. The van der Waals surface area contributed by atoms with Crippen molar-refractivity contribution < 1.29 is 4.79 Å². The topological polar surface area (TPSA) is 23.6 Å². The predicted octanol–water partition coefficient (Wildman–Crippen LogP) is 2.82. The molecule has 2 atom stereocenters. The highest BCUT2D eigenvalue weighted by atomic mass is 32.2. The first-order valence-electron chi connectivity index (χ1n) is 8.50. The van der Waals surface area contributed by atoms with E-state index in [4.69, 9.17) is 0 Å². The molecule has 2 fully saturated rings. The SMILES string of the molecule is O=C(C1CCc2sccc21)N1CCSCC1CN1CCCC1. The van der Waals surface area contributed by atoms with Gasteiger partial charge in [0, 0.05) is 29.5 Å². The Balaban J connectivity index is 1.47. The number of fused-ring (bicyclic) bond motifs is 1. The molecule has 5 heteroatoms. The van der Waals surface area contributed by atoms with Crippen LogP contribution in [0.1, 0.15) is 35.6 Å². The Morgan fingerprint density at radius 3 is 3.00 bits per heavy atom. The third-order valence-corrected chi connectivity index (χ3v) is 7.38. The molecule has 22 heavy (non-hydrogen) atoms. The van der Waals surface area contributed by atoms with Gasteiger partial charge >= 0.3 is 0 Å². The molecule has 0 spiro atoms. The molecule has 1 aromatic rings. The van der Waals surface area contributed by atoms with Crippen molar-refractivity contribution in [3.63, 3.8) is 0 Å². The summed E-state index contributed by atoms with van der Waals surface area (Å²) in [5, 5.41) is 2.15. The number of hydrogen-bond donors (Lipinski definition) is 0. The first kappa shape index (κ1) is 15.0. The fraction of sp³-hybridized carbons (Fsp3) is 0.706. The van der Waals surface area contributed by atoms with Crippen molar-refractivity contribution in [3.8, 4) is 0 Å². The number of carbonyl (C=O) groups is 1. The number of amides is 1. The Bertz CT molecular complexity index is 539. The summed E-state index contributed by atoms with van der Waals surface area (Å²) >= 11 is 3.84. The molecule has 3 heterocycles. The number of aryl methyl sites for hydroxylation is 1. The minimum Gasteiger partial charge on any atom is -0.336 e. The van der Waals surface area contributed by atoms with Crippen LogP contribution in [0.3, 0.4) is 0 Å². The number of thioether (sulfide) groups is 1. The highest BCUT2D eigenvalue weighted by Crippen LogP contribution is 2.38. The minimum absolute atomic E-state index is 0.144. The van der Waals surface area contributed by atoms with Crippen molar-refractivity contribution in [3.05, 3.63) is 21.9 Å². The standard InChI is InChI=1S/C17H24N2OS2/c20-17(15-3-4-16-14(15)5-9-22-16)19-8-10-21-12-13(19)11-18-6-1-2-7-18/h5,9,13,15H,1-4,6-8,10-12H2. The quantitative estimate of drug-likeness (QED) is 0.848. The van der Waals surface area contributed by atoms with Gasteiger partial charge in [0.05, 0.1) is 12.0 Å². The lowest BCUT2D eigenvalue weighted by Crippen LogP contribution is -2.52. The van der Waals surface area contributed by atoms with Gasteiger partial charge in [-0.2, -0.15) is 11.8 Å². The van der Waals surface area contributed by atoms with Crippen LogP contribution in [0.4, 0.5) is 0 Å². The van der Waals surface area contributed by atoms with Gasteiger partial charge < -0.3 is 9.80 Å². The fourth-order valence-corrected chi connectivity index (χ4v) is 6.12. The number of likely N-dealkylation sites (tertiary alicyclic amines) is 1. The molecule has 4 rings (SSSR count). The molecule has 1 aliphatic carbocycles. The van der Waals surface area contributed by atoms with E-state index in [1.807, 2.05) is 23.1 Å². The summed E-state index contributed by atoms with van der Waals surface area (Å²) in [6, 6.07) is 2.61. The maximum absolute atomic E-state index is 13.1. The summed E-state index contributed by atoms with van der Waals surface area (Å²) in [5.41, 5.74) is 1.33. The first-order valence-corrected chi connectivity index (χ1v) is 10.5. The molecular weight excluding hydrogens is 312 g/mol. The largest absolute Gasteiger partial charge is 0.336 e. The van der Waals surface area contributed by atoms with E-state index in [1.54, 1.807) is 0 Å². The van der Waals surface area contributed by atoms with Crippen LogP contribution in [0.25, 0.3) is 0 Å². The average Bonchev–Trinajstić information content (AvgIpc) is 3.24. The summed E-state index contributed by atoms with van der Waals surface area (Å²) in [7, 11) is 0. The molecule has 0 aromatic carbocycles. The highest BCUT2D eigenvalue weighted by Gasteiger charge is 2.37. The molecule has 0 saturated carbocycles. The molecule has 2 unspecified atom stereocenters. The zero-order valence-electron chi connectivity index (χ0n) is 13.0. The van der Waals surface area contributed by atoms with Crippen LogP contribution in [0.15, 0.2) is 11.4 Å². The molecule has 0 radical (unpaired) electrons. The maximum Gasteiger partial charge on any atom is 0.230 e. The molecule has 2 saturated heterocycles. The van der Waals surface area contributed by atoms with E-state index in [9.17, 15) is 4.79 Å². The normalized spacial score (nSPS) is 29.0. The van der Waals surface area contributed by atoms with Crippen molar-refractivity contribution >= 4 is 29.0 Å². The van der Waals surface area contributed by atoms with Crippen LogP contribution < -0.4 is 0 Å². The second-order valence-corrected chi connectivity index (χ2v) is 8.81. The Labute approximate surface area is 141 Å². The van der Waals surface area contributed by atoms with Gasteiger partial charge in [0.15, 0.2) is 0 Å². The third kappa shape index (κ3) is 2.83. The summed E-state index contributed by atoms with van der Waals surface area (Å²) in [6.45, 7) is 4.47. The highest BCUT2D eigenvalue weighted by molar-refractivity contribution is 7.99. The van der Waals surface area contributed by atoms with Crippen LogP contribution in [0.5, 0.6) is 0 Å². The first-order chi connectivity index (χ1) is 10.8. The van der Waals surface area contributed by atoms with Gasteiger partial charge in [0.2, 0.25) is 5.91 Å². The van der Waals surface area contributed by atoms with Crippen molar-refractivity contribution in [2.24, 2.45) is 0 Å². The lowest BCUT2D eigenvalue weighted by atomic mass is 10.0. The van der Waals surface area contributed by atoms with Crippen LogP contribution in [0, 0.1) is 0 Å². The zero-order chi connectivity index (χ0) is 14.9. The molecule has 0 bridgehead atoms.